The van der Waals surface area contributed by atoms with Gasteiger partial charge in [0.25, 0.3) is 5.91 Å². The topological polar surface area (TPSA) is 84.2 Å². The van der Waals surface area contributed by atoms with E-state index in [0.29, 0.717) is 24.5 Å². The first-order chi connectivity index (χ1) is 8.63. The number of rotatable bonds is 4. The summed E-state index contributed by atoms with van der Waals surface area (Å²) in [6.07, 6.45) is 0. The van der Waals surface area contributed by atoms with Gasteiger partial charge >= 0.3 is 0 Å². The van der Waals surface area contributed by atoms with Gasteiger partial charge in [-0.1, -0.05) is 0 Å². The molecule has 1 aromatic carbocycles. The Morgan fingerprint density at radius 3 is 3.06 bits per heavy atom. The zero-order valence-corrected chi connectivity index (χ0v) is 10.4. The van der Waals surface area contributed by atoms with E-state index in [9.17, 15) is 4.79 Å². The quantitative estimate of drug-likeness (QED) is 0.786. The Morgan fingerprint density at radius 1 is 1.56 bits per heavy atom. The largest absolute Gasteiger partial charge is 0.399 e. The van der Waals surface area contributed by atoms with Crippen molar-refractivity contribution in [2.45, 2.75) is 0 Å². The van der Waals surface area contributed by atoms with Crippen molar-refractivity contribution in [3.05, 3.63) is 23.9 Å². The molecule has 18 heavy (non-hydrogen) atoms. The summed E-state index contributed by atoms with van der Waals surface area (Å²) in [5, 5.41) is 7.62. The van der Waals surface area contributed by atoms with E-state index in [0.717, 1.165) is 10.9 Å². The van der Waals surface area contributed by atoms with Crippen LogP contribution in [0.15, 0.2) is 18.2 Å². The summed E-state index contributed by atoms with van der Waals surface area (Å²) in [7, 11) is 3.32. The molecule has 0 aliphatic heterocycles. The first kappa shape index (κ1) is 12.4. The van der Waals surface area contributed by atoms with Gasteiger partial charge < -0.3 is 15.4 Å². The summed E-state index contributed by atoms with van der Waals surface area (Å²) in [5.74, 6) is -0.149. The van der Waals surface area contributed by atoms with Crippen LogP contribution in [0.4, 0.5) is 5.69 Å². The van der Waals surface area contributed by atoms with E-state index < -0.39 is 0 Å². The van der Waals surface area contributed by atoms with Crippen molar-refractivity contribution in [1.29, 1.82) is 0 Å². The average Bonchev–Trinajstić information content (AvgIpc) is 2.77. The molecule has 1 aromatic heterocycles. The van der Waals surface area contributed by atoms with Gasteiger partial charge in [-0.2, -0.15) is 5.10 Å². The minimum absolute atomic E-state index is 0.149. The van der Waals surface area contributed by atoms with Gasteiger partial charge in [-0.3, -0.25) is 9.89 Å². The van der Waals surface area contributed by atoms with Crippen molar-refractivity contribution in [3.8, 4) is 0 Å². The molecule has 0 saturated heterocycles. The lowest BCUT2D eigenvalue weighted by Crippen LogP contribution is -2.30. The molecule has 2 aromatic rings. The van der Waals surface area contributed by atoms with E-state index in [1.54, 1.807) is 31.2 Å². The van der Waals surface area contributed by atoms with E-state index in [-0.39, 0.29) is 5.91 Å². The Hall–Kier alpha value is -2.08. The van der Waals surface area contributed by atoms with Crippen LogP contribution < -0.4 is 5.73 Å². The number of fused-ring (bicyclic) bond motifs is 1. The summed E-state index contributed by atoms with van der Waals surface area (Å²) < 4.78 is 4.94. The normalized spacial score (nSPS) is 10.8. The fraction of sp³-hybridized carbons (Fsp3) is 0.333. The summed E-state index contributed by atoms with van der Waals surface area (Å²) >= 11 is 0. The number of anilines is 1. The minimum atomic E-state index is -0.149. The van der Waals surface area contributed by atoms with Crippen molar-refractivity contribution in [1.82, 2.24) is 15.1 Å². The number of benzene rings is 1. The number of nitrogens with zero attached hydrogens (tertiary/aromatic N) is 2. The number of methoxy groups -OCH3 is 1. The lowest BCUT2D eigenvalue weighted by Gasteiger charge is -2.15. The molecule has 1 amide bonds. The number of ether oxygens (including phenoxy) is 1. The van der Waals surface area contributed by atoms with Gasteiger partial charge in [-0.25, -0.2) is 0 Å². The zero-order valence-electron chi connectivity index (χ0n) is 10.4. The highest BCUT2D eigenvalue weighted by molar-refractivity contribution is 6.05. The molecular formula is C12H16N4O2. The molecule has 2 rings (SSSR count). The predicted molar refractivity (Wildman–Crippen MR) is 69.3 cm³/mol. The number of likely N-dealkylation sites (N-methyl/N-ethyl adjacent to an activating group) is 1. The number of nitrogen functional groups attached to an aromatic ring is 1. The molecule has 0 aliphatic carbocycles. The number of amides is 1. The van der Waals surface area contributed by atoms with Crippen molar-refractivity contribution in [2.75, 3.05) is 33.0 Å². The Labute approximate surface area is 105 Å². The number of nitrogens with two attached hydrogens (primary N) is 1. The third-order valence-electron chi connectivity index (χ3n) is 2.77. The van der Waals surface area contributed by atoms with Crippen LogP contribution >= 0.6 is 0 Å². The van der Waals surface area contributed by atoms with Crippen LogP contribution in [0.25, 0.3) is 10.9 Å². The first-order valence-corrected chi connectivity index (χ1v) is 5.61. The summed E-state index contributed by atoms with van der Waals surface area (Å²) in [6.45, 7) is 1.01. The zero-order chi connectivity index (χ0) is 13.1. The van der Waals surface area contributed by atoms with E-state index in [1.165, 1.54) is 0 Å². The van der Waals surface area contributed by atoms with E-state index in [4.69, 9.17) is 10.5 Å². The lowest BCUT2D eigenvalue weighted by atomic mass is 10.2. The molecule has 1 heterocycles. The highest BCUT2D eigenvalue weighted by Crippen LogP contribution is 2.19. The van der Waals surface area contributed by atoms with Gasteiger partial charge in [0.15, 0.2) is 5.69 Å². The molecule has 6 nitrogen and oxygen atoms in total. The van der Waals surface area contributed by atoms with Crippen molar-refractivity contribution in [2.24, 2.45) is 0 Å². The van der Waals surface area contributed by atoms with Crippen LogP contribution in [0.5, 0.6) is 0 Å². The van der Waals surface area contributed by atoms with E-state index in [1.807, 2.05) is 6.07 Å². The number of hydrogen-bond acceptors (Lipinski definition) is 4. The summed E-state index contributed by atoms with van der Waals surface area (Å²) in [4.78, 5) is 13.8. The molecule has 0 spiro atoms. The van der Waals surface area contributed by atoms with Crippen LogP contribution in [0.2, 0.25) is 0 Å². The van der Waals surface area contributed by atoms with Gasteiger partial charge in [0, 0.05) is 31.8 Å². The average molecular weight is 248 g/mol. The number of carbonyl (C=O) groups is 1. The highest BCUT2D eigenvalue weighted by Gasteiger charge is 2.17. The van der Waals surface area contributed by atoms with Gasteiger partial charge in [0.05, 0.1) is 12.1 Å². The third kappa shape index (κ3) is 2.28. The summed E-state index contributed by atoms with van der Waals surface area (Å²) in [6, 6.07) is 5.32. The van der Waals surface area contributed by atoms with Crippen LogP contribution in [0, 0.1) is 0 Å². The van der Waals surface area contributed by atoms with Gasteiger partial charge in [-0.15, -0.1) is 0 Å². The standard InChI is InChI=1S/C12H16N4O2/c1-16(5-6-18-2)12(17)11-9-7-8(13)3-4-10(9)14-15-11/h3-4,7H,5-6,13H2,1-2H3,(H,14,15). The molecule has 0 unspecified atom stereocenters. The number of nitrogens with one attached hydrogen (secondary N) is 1. The monoisotopic (exact) mass is 248 g/mol. The summed E-state index contributed by atoms with van der Waals surface area (Å²) in [5.41, 5.74) is 7.51. The van der Waals surface area contributed by atoms with Gasteiger partial charge in [0.2, 0.25) is 0 Å². The van der Waals surface area contributed by atoms with Crippen molar-refractivity contribution < 1.29 is 9.53 Å². The van der Waals surface area contributed by atoms with Crippen LogP contribution in [0.1, 0.15) is 10.5 Å². The van der Waals surface area contributed by atoms with Crippen LogP contribution in [-0.4, -0.2) is 48.3 Å². The number of aromatic nitrogens is 2. The minimum Gasteiger partial charge on any atom is -0.399 e. The molecule has 0 fully saturated rings. The molecule has 0 atom stereocenters. The molecule has 6 heteroatoms. The SMILES string of the molecule is COCCN(C)C(=O)c1n[nH]c2ccc(N)cc12. The molecule has 0 radical (unpaired) electrons. The number of H-pyrrole nitrogens is 1. The number of hydrogen-bond donors (Lipinski definition) is 2. The van der Waals surface area contributed by atoms with Gasteiger partial charge in [0.1, 0.15) is 0 Å². The Kier molecular flexibility index (Phi) is 3.47. The van der Waals surface area contributed by atoms with Crippen molar-refractivity contribution >= 4 is 22.5 Å². The second kappa shape index (κ2) is 5.05. The number of carbonyl (C=O) groups excluding carboxylic acids is 1. The first-order valence-electron chi connectivity index (χ1n) is 5.61. The second-order valence-electron chi connectivity index (χ2n) is 4.10. The van der Waals surface area contributed by atoms with E-state index >= 15 is 0 Å². The highest BCUT2D eigenvalue weighted by atomic mass is 16.5. The molecule has 96 valence electrons. The lowest BCUT2D eigenvalue weighted by molar-refractivity contribution is 0.0740. The Balaban J connectivity index is 2.30. The molecule has 0 aliphatic rings. The maximum atomic E-state index is 12.2. The fourth-order valence-electron chi connectivity index (χ4n) is 1.71. The van der Waals surface area contributed by atoms with Crippen molar-refractivity contribution in [3.63, 3.8) is 0 Å². The van der Waals surface area contributed by atoms with E-state index in [2.05, 4.69) is 10.2 Å². The number of aromatic amines is 1. The molecular weight excluding hydrogens is 232 g/mol. The molecule has 3 N–H and O–H groups in total. The predicted octanol–water partition coefficient (Wildman–Crippen LogP) is 0.864. The van der Waals surface area contributed by atoms with Crippen LogP contribution in [0.3, 0.4) is 0 Å². The maximum absolute atomic E-state index is 12.2. The van der Waals surface area contributed by atoms with Gasteiger partial charge in [-0.05, 0) is 18.2 Å². The third-order valence-corrected chi connectivity index (χ3v) is 2.77. The Morgan fingerprint density at radius 2 is 2.33 bits per heavy atom. The maximum Gasteiger partial charge on any atom is 0.274 e. The molecule has 0 bridgehead atoms. The second-order valence-corrected chi connectivity index (χ2v) is 4.10. The fourth-order valence-corrected chi connectivity index (χ4v) is 1.71. The Bertz CT molecular complexity index is 564. The molecule has 0 saturated carbocycles. The smallest absolute Gasteiger partial charge is 0.274 e. The van der Waals surface area contributed by atoms with Crippen LogP contribution in [-0.2, 0) is 4.74 Å².